The zero-order valence-corrected chi connectivity index (χ0v) is 27.9. The molecule has 0 amide bonds. The van der Waals surface area contributed by atoms with E-state index in [9.17, 15) is 0 Å². The Balaban J connectivity index is 1.87. The summed E-state index contributed by atoms with van der Waals surface area (Å²) in [5.74, 6) is 0. The fourth-order valence-electron chi connectivity index (χ4n) is 6.45. The van der Waals surface area contributed by atoms with Gasteiger partial charge in [0.1, 0.15) is 0 Å². The number of halogens is 2. The van der Waals surface area contributed by atoms with Crippen LogP contribution in [-0.2, 0) is 24.5 Å². The number of benzene rings is 2. The van der Waals surface area contributed by atoms with Crippen molar-refractivity contribution in [2.24, 2.45) is 0 Å². The molecule has 0 saturated heterocycles. The van der Waals surface area contributed by atoms with E-state index in [0.29, 0.717) is 0 Å². The molecule has 36 heavy (non-hydrogen) atoms. The molecule has 3 aliphatic rings. The second-order valence-corrected chi connectivity index (χ2v) is 22.0. The summed E-state index contributed by atoms with van der Waals surface area (Å²) in [5, 5.41) is 1.36. The zero-order chi connectivity index (χ0) is 25.6. The van der Waals surface area contributed by atoms with Crippen molar-refractivity contribution in [2.75, 3.05) is 0 Å². The summed E-state index contributed by atoms with van der Waals surface area (Å²) in [7, 11) is 16.0. The topological polar surface area (TPSA) is 0 Å². The fourth-order valence-corrected chi connectivity index (χ4v) is 14.6. The Morgan fingerprint density at radius 3 is 2.14 bits per heavy atom. The average Bonchev–Trinajstić information content (AvgIpc) is 3.29. The molecule has 0 radical (unpaired) electrons. The molecule has 0 nitrogen and oxygen atoms in total. The SMILES string of the molecule is CCC1=C(c2ccccc2)CC(C2(c3ccccc3)C(=[SiH2])C=CC=C3C(C)=C(C)[C]([Hf]([Cl])[Cl])=C32)=C1C. The first kappa shape index (κ1) is 26.0. The number of fused-ring (bicyclic) bond motifs is 1. The van der Waals surface area contributed by atoms with Gasteiger partial charge in [-0.15, -0.1) is 0 Å². The predicted octanol–water partition coefficient (Wildman–Crippen LogP) is 8.34. The summed E-state index contributed by atoms with van der Waals surface area (Å²) >= 11 is -3.02. The molecule has 1 unspecified atom stereocenters. The molecule has 3 aliphatic carbocycles. The Hall–Kier alpha value is -1.58. The number of hydrogen-bond acceptors (Lipinski definition) is 0. The summed E-state index contributed by atoms with van der Waals surface area (Å²) in [4.78, 5) is 0. The third-order valence-corrected chi connectivity index (χ3v) is 15.7. The van der Waals surface area contributed by atoms with Gasteiger partial charge >= 0.3 is 235 Å². The van der Waals surface area contributed by atoms with Gasteiger partial charge in [0.25, 0.3) is 0 Å². The number of rotatable bonds is 5. The zero-order valence-electron chi connectivity index (χ0n) is 21.4. The first-order chi connectivity index (χ1) is 17.3. The molecule has 1 atom stereocenters. The Morgan fingerprint density at radius 2 is 1.53 bits per heavy atom. The van der Waals surface area contributed by atoms with E-state index < -0.39 is 24.5 Å². The Bertz CT molecular complexity index is 1440. The van der Waals surface area contributed by atoms with Gasteiger partial charge in [-0.2, -0.15) is 0 Å². The predicted molar refractivity (Wildman–Crippen MR) is 157 cm³/mol. The van der Waals surface area contributed by atoms with Crippen LogP contribution in [-0.4, -0.2) is 15.0 Å². The molecule has 181 valence electrons. The van der Waals surface area contributed by atoms with Gasteiger partial charge in [0.15, 0.2) is 0 Å². The average molecular weight is 693 g/mol. The van der Waals surface area contributed by atoms with E-state index >= 15 is 0 Å². The van der Waals surface area contributed by atoms with Crippen LogP contribution in [0, 0.1) is 0 Å². The molecule has 0 bridgehead atoms. The fraction of sp³-hybridized carbons (Fsp3) is 0.219. The van der Waals surface area contributed by atoms with Crippen molar-refractivity contribution in [3.05, 3.63) is 132 Å². The van der Waals surface area contributed by atoms with Crippen molar-refractivity contribution in [1.82, 2.24) is 0 Å². The molecule has 0 spiro atoms. The van der Waals surface area contributed by atoms with E-state index in [1.807, 2.05) is 9.85 Å². The van der Waals surface area contributed by atoms with Gasteiger partial charge in [0, 0.05) is 0 Å². The van der Waals surface area contributed by atoms with E-state index in [2.05, 4.69) is 107 Å². The van der Waals surface area contributed by atoms with Crippen molar-refractivity contribution in [2.45, 2.75) is 46.0 Å². The third kappa shape index (κ3) is 3.91. The van der Waals surface area contributed by atoms with Crippen LogP contribution >= 0.6 is 17.2 Å². The van der Waals surface area contributed by atoms with Crippen LogP contribution in [0.3, 0.4) is 0 Å². The van der Waals surface area contributed by atoms with Crippen molar-refractivity contribution < 1.29 is 19.1 Å². The maximum atomic E-state index is 7.01. The van der Waals surface area contributed by atoms with Crippen LogP contribution in [0.1, 0.15) is 51.7 Å². The van der Waals surface area contributed by atoms with Crippen LogP contribution in [0.5, 0.6) is 0 Å². The first-order valence-electron chi connectivity index (χ1n) is 12.6. The van der Waals surface area contributed by atoms with Gasteiger partial charge in [-0.05, 0) is 0 Å². The van der Waals surface area contributed by atoms with Crippen LogP contribution in [0.4, 0.5) is 0 Å². The monoisotopic (exact) mass is 693 g/mol. The van der Waals surface area contributed by atoms with Crippen molar-refractivity contribution >= 4 is 37.8 Å². The molecule has 4 heteroatoms. The quantitative estimate of drug-likeness (QED) is 0.277. The van der Waals surface area contributed by atoms with E-state index in [-0.39, 0.29) is 0 Å². The van der Waals surface area contributed by atoms with Gasteiger partial charge in [0.05, 0.1) is 0 Å². The Morgan fingerprint density at radius 1 is 0.889 bits per heavy atom. The third-order valence-electron chi connectivity index (χ3n) is 8.23. The second-order valence-electron chi connectivity index (χ2n) is 9.80. The van der Waals surface area contributed by atoms with E-state index in [4.69, 9.17) is 17.2 Å². The normalized spacial score (nSPS) is 21.9. The Kier molecular flexibility index (Phi) is 7.44. The molecule has 0 aromatic heterocycles. The van der Waals surface area contributed by atoms with Crippen molar-refractivity contribution in [1.29, 1.82) is 0 Å². The van der Waals surface area contributed by atoms with Gasteiger partial charge in [-0.1, -0.05) is 0 Å². The standard InChI is InChI=1S/C32H31Si.2ClH.Hf/c1-5-26-23(4)29(20-28(26)24-13-8-6-9-14-24)32(25-15-10-7-11-16-25)30-19-21(2)22(3)27(30)17-12-18-31(32)33;;;/h6-18H,5,20,33H2,1-4H3;2*1H;/q;;;+2/p-2. The molecule has 5 rings (SSSR count). The molecule has 0 aliphatic heterocycles. The summed E-state index contributed by atoms with van der Waals surface area (Å²) < 4.78 is 1.27. The molecule has 0 heterocycles. The molecule has 0 fully saturated rings. The van der Waals surface area contributed by atoms with Gasteiger partial charge in [0.2, 0.25) is 0 Å². The van der Waals surface area contributed by atoms with E-state index in [1.165, 1.54) is 64.2 Å². The van der Waals surface area contributed by atoms with Crippen LogP contribution in [0.2, 0.25) is 0 Å². The Labute approximate surface area is 233 Å². The second kappa shape index (κ2) is 10.3. The summed E-state index contributed by atoms with van der Waals surface area (Å²) in [6, 6.07) is 22.0. The molecule has 2 aromatic rings. The minimum atomic E-state index is -3.02. The molecule has 0 N–H and O–H groups in total. The minimum absolute atomic E-state index is 0.395. The molecular weight excluding hydrogens is 662 g/mol. The summed E-state index contributed by atoms with van der Waals surface area (Å²) in [5.41, 5.74) is 13.3. The molecule has 0 saturated carbocycles. The molecular formula is C32H31Cl2HfSi. The van der Waals surface area contributed by atoms with Gasteiger partial charge in [-0.25, -0.2) is 0 Å². The van der Waals surface area contributed by atoms with Gasteiger partial charge in [-0.3, -0.25) is 0 Å². The van der Waals surface area contributed by atoms with Crippen molar-refractivity contribution in [3.63, 3.8) is 0 Å². The van der Waals surface area contributed by atoms with Crippen LogP contribution in [0.15, 0.2) is 121 Å². The van der Waals surface area contributed by atoms with E-state index in [1.54, 1.807) is 0 Å². The van der Waals surface area contributed by atoms with E-state index in [0.717, 1.165) is 12.8 Å². The van der Waals surface area contributed by atoms with Crippen LogP contribution < -0.4 is 0 Å². The maximum absolute atomic E-state index is 7.01. The number of allylic oxidation sites excluding steroid dienone is 12. The first-order valence-corrected chi connectivity index (χ1v) is 24.0. The summed E-state index contributed by atoms with van der Waals surface area (Å²) in [6.07, 6.45) is 8.78. The molecule has 2 aromatic carbocycles. The van der Waals surface area contributed by atoms with Crippen molar-refractivity contribution in [3.8, 4) is 0 Å². The van der Waals surface area contributed by atoms with Gasteiger partial charge < -0.3 is 0 Å². The number of hydrogen-bond donors (Lipinski definition) is 0. The summed E-state index contributed by atoms with van der Waals surface area (Å²) in [6.45, 7) is 9.09. The van der Waals surface area contributed by atoms with Crippen LogP contribution in [0.25, 0.3) is 5.57 Å².